The van der Waals surface area contributed by atoms with Crippen molar-refractivity contribution in [2.75, 3.05) is 26.2 Å². The molecule has 0 radical (unpaired) electrons. The molecular weight excluding hydrogens is 332 g/mol. The Morgan fingerprint density at radius 3 is 2.65 bits per heavy atom. The zero-order valence-corrected chi connectivity index (χ0v) is 14.4. The van der Waals surface area contributed by atoms with E-state index < -0.39 is 0 Å². The smallest absolute Gasteiger partial charge is 0.257 e. The first kappa shape index (κ1) is 15.2. The van der Waals surface area contributed by atoms with Crippen molar-refractivity contribution in [2.24, 2.45) is 0 Å². The van der Waals surface area contributed by atoms with E-state index in [4.69, 9.17) is 11.6 Å². The molecule has 1 aliphatic heterocycles. The number of carbonyl (C=O) groups is 1. The summed E-state index contributed by atoms with van der Waals surface area (Å²) in [6.45, 7) is 3.55. The van der Waals surface area contributed by atoms with E-state index in [1.165, 1.54) is 30.6 Å². The lowest BCUT2D eigenvalue weighted by Crippen LogP contribution is -2.53. The zero-order valence-electron chi connectivity index (χ0n) is 12.8. The van der Waals surface area contributed by atoms with Crippen LogP contribution in [0.25, 0.3) is 10.6 Å². The number of piperazine rings is 1. The quantitative estimate of drug-likeness (QED) is 0.925. The minimum Gasteiger partial charge on any atom is -0.336 e. The Labute approximate surface area is 144 Å². The van der Waals surface area contributed by atoms with Gasteiger partial charge in [0.25, 0.3) is 5.91 Å². The van der Waals surface area contributed by atoms with Crippen molar-refractivity contribution < 1.29 is 4.79 Å². The van der Waals surface area contributed by atoms with Gasteiger partial charge in [-0.05, 0) is 25.0 Å². The molecule has 2 fully saturated rings. The Morgan fingerprint density at radius 1 is 1.26 bits per heavy atom. The van der Waals surface area contributed by atoms with Gasteiger partial charge in [0.2, 0.25) is 0 Å². The monoisotopic (exact) mass is 350 g/mol. The molecule has 1 amide bonds. The van der Waals surface area contributed by atoms with Crippen molar-refractivity contribution in [3.8, 4) is 10.6 Å². The average Bonchev–Trinajstić information content (AvgIpc) is 3.14. The molecule has 0 unspecified atom stereocenters. The fourth-order valence-corrected chi connectivity index (χ4v) is 4.35. The van der Waals surface area contributed by atoms with E-state index in [-0.39, 0.29) is 5.91 Å². The third kappa shape index (κ3) is 2.91. The number of aromatic nitrogens is 2. The van der Waals surface area contributed by atoms with E-state index >= 15 is 0 Å². The van der Waals surface area contributed by atoms with Crippen LogP contribution in [0.15, 0.2) is 18.3 Å². The van der Waals surface area contributed by atoms with E-state index in [0.29, 0.717) is 9.90 Å². The Bertz CT molecular complexity index is 701. The number of thiophene rings is 1. The second-order valence-electron chi connectivity index (χ2n) is 6.18. The molecule has 0 spiro atoms. The molecule has 2 aliphatic rings. The Balaban J connectivity index is 1.47. The summed E-state index contributed by atoms with van der Waals surface area (Å²) in [4.78, 5) is 18.3. The summed E-state index contributed by atoms with van der Waals surface area (Å²) in [6.07, 6.45) is 5.62. The van der Waals surface area contributed by atoms with Crippen molar-refractivity contribution in [1.29, 1.82) is 0 Å². The first-order valence-electron chi connectivity index (χ1n) is 8.05. The van der Waals surface area contributed by atoms with Crippen molar-refractivity contribution in [3.63, 3.8) is 0 Å². The van der Waals surface area contributed by atoms with Gasteiger partial charge in [-0.25, -0.2) is 0 Å². The minimum absolute atomic E-state index is 0.0616. The first-order chi connectivity index (χ1) is 11.2. The lowest BCUT2D eigenvalue weighted by atomic mass is 9.91. The maximum atomic E-state index is 12.8. The summed E-state index contributed by atoms with van der Waals surface area (Å²) in [5.41, 5.74) is 1.41. The third-order valence-electron chi connectivity index (χ3n) is 4.88. The number of halogens is 1. The van der Waals surface area contributed by atoms with Gasteiger partial charge in [0.15, 0.2) is 0 Å². The normalized spacial score (nSPS) is 19.8. The second kappa shape index (κ2) is 6.26. The van der Waals surface area contributed by atoms with Crippen LogP contribution in [0.3, 0.4) is 0 Å². The summed E-state index contributed by atoms with van der Waals surface area (Å²) in [5, 5.41) is 7.01. The standard InChI is InChI=1S/C16H19ClN4OS/c17-14-5-4-13(23-14)15-12(10-18-19-15)16(22)21-8-6-20(7-9-21)11-2-1-3-11/h4-5,10-11H,1-3,6-9H2,(H,18,19). The largest absolute Gasteiger partial charge is 0.336 e. The van der Waals surface area contributed by atoms with E-state index in [2.05, 4.69) is 15.1 Å². The van der Waals surface area contributed by atoms with Crippen molar-refractivity contribution in [2.45, 2.75) is 25.3 Å². The van der Waals surface area contributed by atoms with Crippen LogP contribution in [0.4, 0.5) is 0 Å². The molecule has 122 valence electrons. The maximum absolute atomic E-state index is 12.8. The van der Waals surface area contributed by atoms with Gasteiger partial charge < -0.3 is 4.90 Å². The topological polar surface area (TPSA) is 52.2 Å². The molecule has 0 bridgehead atoms. The van der Waals surface area contributed by atoms with Crippen LogP contribution < -0.4 is 0 Å². The fraction of sp³-hybridized carbons (Fsp3) is 0.500. The van der Waals surface area contributed by atoms with Gasteiger partial charge in [-0.3, -0.25) is 14.8 Å². The second-order valence-corrected chi connectivity index (χ2v) is 7.89. The van der Waals surface area contributed by atoms with Crippen LogP contribution in [0.1, 0.15) is 29.6 Å². The van der Waals surface area contributed by atoms with Crippen molar-refractivity contribution in [1.82, 2.24) is 20.0 Å². The number of aromatic amines is 1. The number of nitrogens with zero attached hydrogens (tertiary/aromatic N) is 3. The third-order valence-corrected chi connectivity index (χ3v) is 6.13. The Kier molecular flexibility index (Phi) is 4.13. The maximum Gasteiger partial charge on any atom is 0.257 e. The van der Waals surface area contributed by atoms with Crippen molar-refractivity contribution >= 4 is 28.8 Å². The van der Waals surface area contributed by atoms with Gasteiger partial charge in [0.05, 0.1) is 26.7 Å². The summed E-state index contributed by atoms with van der Waals surface area (Å²) >= 11 is 7.46. The predicted octanol–water partition coefficient (Wildman–Crippen LogP) is 3.10. The van der Waals surface area contributed by atoms with Crippen LogP contribution in [0.2, 0.25) is 4.34 Å². The molecular formula is C16H19ClN4OS. The number of nitrogens with one attached hydrogen (secondary N) is 1. The van der Waals surface area contributed by atoms with Crippen molar-refractivity contribution in [3.05, 3.63) is 28.2 Å². The van der Waals surface area contributed by atoms with Gasteiger partial charge in [-0.2, -0.15) is 5.10 Å². The molecule has 5 nitrogen and oxygen atoms in total. The zero-order chi connectivity index (χ0) is 15.8. The van der Waals surface area contributed by atoms with Gasteiger partial charge >= 0.3 is 0 Å². The van der Waals surface area contributed by atoms with E-state index in [1.54, 1.807) is 6.20 Å². The summed E-state index contributed by atoms with van der Waals surface area (Å²) < 4.78 is 0.710. The number of amides is 1. The van der Waals surface area contributed by atoms with Crippen LogP contribution in [0.5, 0.6) is 0 Å². The molecule has 1 saturated carbocycles. The Morgan fingerprint density at radius 2 is 2.04 bits per heavy atom. The number of hydrogen-bond acceptors (Lipinski definition) is 4. The van der Waals surface area contributed by atoms with Gasteiger partial charge in [-0.1, -0.05) is 18.0 Å². The van der Waals surface area contributed by atoms with Crippen LogP contribution in [0, 0.1) is 0 Å². The lowest BCUT2D eigenvalue weighted by molar-refractivity contribution is 0.0456. The molecule has 23 heavy (non-hydrogen) atoms. The molecule has 0 atom stereocenters. The lowest BCUT2D eigenvalue weighted by Gasteiger charge is -2.42. The highest BCUT2D eigenvalue weighted by Gasteiger charge is 2.30. The number of H-pyrrole nitrogens is 1. The van der Waals surface area contributed by atoms with Gasteiger partial charge in [0, 0.05) is 32.2 Å². The van der Waals surface area contributed by atoms with Crippen LogP contribution in [-0.2, 0) is 0 Å². The van der Waals surface area contributed by atoms with E-state index in [9.17, 15) is 4.79 Å². The highest BCUT2D eigenvalue weighted by atomic mass is 35.5. The summed E-state index contributed by atoms with van der Waals surface area (Å²) in [6, 6.07) is 4.52. The molecule has 2 aromatic rings. The molecule has 7 heteroatoms. The molecule has 1 N–H and O–H groups in total. The van der Waals surface area contributed by atoms with Crippen LogP contribution >= 0.6 is 22.9 Å². The molecule has 3 heterocycles. The highest BCUT2D eigenvalue weighted by Crippen LogP contribution is 2.32. The molecule has 4 rings (SSSR count). The number of rotatable bonds is 3. The Hall–Kier alpha value is -1.37. The number of hydrogen-bond donors (Lipinski definition) is 1. The van der Waals surface area contributed by atoms with E-state index in [0.717, 1.165) is 42.8 Å². The molecule has 0 aromatic carbocycles. The van der Waals surface area contributed by atoms with Gasteiger partial charge in [-0.15, -0.1) is 11.3 Å². The summed E-state index contributed by atoms with van der Waals surface area (Å²) in [7, 11) is 0. The molecule has 2 aromatic heterocycles. The SMILES string of the molecule is O=C(c1cn[nH]c1-c1ccc(Cl)s1)N1CCN(C2CCC2)CC1. The molecule has 1 saturated heterocycles. The fourth-order valence-electron chi connectivity index (χ4n) is 3.30. The van der Waals surface area contributed by atoms with Gasteiger partial charge in [0.1, 0.15) is 0 Å². The number of carbonyl (C=O) groups excluding carboxylic acids is 1. The first-order valence-corrected chi connectivity index (χ1v) is 9.24. The highest BCUT2D eigenvalue weighted by molar-refractivity contribution is 7.19. The van der Waals surface area contributed by atoms with E-state index in [1.807, 2.05) is 17.0 Å². The average molecular weight is 351 g/mol. The van der Waals surface area contributed by atoms with Crippen LogP contribution in [-0.4, -0.2) is 58.1 Å². The summed E-state index contributed by atoms with van der Waals surface area (Å²) in [5.74, 6) is 0.0616. The predicted molar refractivity (Wildman–Crippen MR) is 92.0 cm³/mol. The minimum atomic E-state index is 0.0616. The molecule has 1 aliphatic carbocycles.